The standard InChI is InChI=1S/C10H18N2O2/c1-12-3-2-7-4-9(11-10(13)14)5-8(7)6-12/h7-9,11H,2-6H2,1H3,(H,13,14)/t7-,8-,9?/m0/s1. The Bertz CT molecular complexity index is 232. The van der Waals surface area contributed by atoms with Gasteiger partial charge in [0, 0.05) is 12.6 Å². The molecule has 0 aromatic rings. The SMILES string of the molecule is CN1CC[C@H]2CC(NC(=O)O)C[C@H]2C1. The van der Waals surface area contributed by atoms with Crippen molar-refractivity contribution >= 4 is 6.09 Å². The molecule has 0 bridgehead atoms. The fourth-order valence-electron chi connectivity index (χ4n) is 2.96. The number of piperidine rings is 1. The van der Waals surface area contributed by atoms with Crippen molar-refractivity contribution in [1.29, 1.82) is 0 Å². The zero-order valence-corrected chi connectivity index (χ0v) is 8.57. The third kappa shape index (κ3) is 2.00. The maximum Gasteiger partial charge on any atom is 0.404 e. The minimum absolute atomic E-state index is 0.203. The zero-order valence-electron chi connectivity index (χ0n) is 8.57. The number of carbonyl (C=O) groups is 1. The maximum absolute atomic E-state index is 10.5. The second kappa shape index (κ2) is 3.77. The maximum atomic E-state index is 10.5. The van der Waals surface area contributed by atoms with Crippen LogP contribution in [0, 0.1) is 11.8 Å². The Morgan fingerprint density at radius 1 is 1.43 bits per heavy atom. The number of likely N-dealkylation sites (tertiary alicyclic amines) is 1. The molecule has 14 heavy (non-hydrogen) atoms. The lowest BCUT2D eigenvalue weighted by Gasteiger charge is -2.31. The summed E-state index contributed by atoms with van der Waals surface area (Å²) in [5.74, 6) is 1.47. The van der Waals surface area contributed by atoms with Gasteiger partial charge in [0.25, 0.3) is 0 Å². The molecule has 0 spiro atoms. The van der Waals surface area contributed by atoms with Crippen molar-refractivity contribution in [3.8, 4) is 0 Å². The van der Waals surface area contributed by atoms with Crippen LogP contribution in [0.25, 0.3) is 0 Å². The van der Waals surface area contributed by atoms with Crippen molar-refractivity contribution in [3.05, 3.63) is 0 Å². The van der Waals surface area contributed by atoms with Crippen molar-refractivity contribution in [2.75, 3.05) is 20.1 Å². The zero-order chi connectivity index (χ0) is 10.1. The summed E-state index contributed by atoms with van der Waals surface area (Å²) >= 11 is 0. The van der Waals surface area contributed by atoms with Gasteiger partial charge in [-0.15, -0.1) is 0 Å². The minimum atomic E-state index is -0.873. The van der Waals surface area contributed by atoms with Crippen molar-refractivity contribution in [3.63, 3.8) is 0 Å². The van der Waals surface area contributed by atoms with Crippen LogP contribution < -0.4 is 5.32 Å². The molecule has 1 unspecified atom stereocenters. The molecular formula is C10H18N2O2. The van der Waals surface area contributed by atoms with Crippen LogP contribution in [0.5, 0.6) is 0 Å². The highest BCUT2D eigenvalue weighted by molar-refractivity contribution is 5.64. The van der Waals surface area contributed by atoms with E-state index in [4.69, 9.17) is 5.11 Å². The Kier molecular flexibility index (Phi) is 2.63. The first kappa shape index (κ1) is 9.77. The van der Waals surface area contributed by atoms with E-state index in [1.54, 1.807) is 0 Å². The molecule has 2 rings (SSSR count). The number of nitrogens with one attached hydrogen (secondary N) is 1. The van der Waals surface area contributed by atoms with E-state index in [0.717, 1.165) is 25.3 Å². The van der Waals surface area contributed by atoms with E-state index in [2.05, 4.69) is 17.3 Å². The summed E-state index contributed by atoms with van der Waals surface area (Å²) in [5.41, 5.74) is 0. The minimum Gasteiger partial charge on any atom is -0.465 e. The van der Waals surface area contributed by atoms with Gasteiger partial charge in [-0.1, -0.05) is 0 Å². The lowest BCUT2D eigenvalue weighted by Crippen LogP contribution is -2.35. The van der Waals surface area contributed by atoms with Crippen molar-refractivity contribution in [2.24, 2.45) is 11.8 Å². The summed E-state index contributed by atoms with van der Waals surface area (Å²) in [7, 11) is 2.15. The molecule has 1 amide bonds. The molecule has 2 fully saturated rings. The summed E-state index contributed by atoms with van der Waals surface area (Å²) in [6, 6.07) is 0.203. The van der Waals surface area contributed by atoms with Crippen LogP contribution >= 0.6 is 0 Å². The van der Waals surface area contributed by atoms with Crippen LogP contribution in [-0.2, 0) is 0 Å². The Morgan fingerprint density at radius 2 is 2.14 bits per heavy atom. The van der Waals surface area contributed by atoms with Crippen LogP contribution in [0.15, 0.2) is 0 Å². The van der Waals surface area contributed by atoms with E-state index in [1.165, 1.54) is 13.0 Å². The molecule has 2 aliphatic rings. The molecule has 0 aromatic heterocycles. The van der Waals surface area contributed by atoms with Gasteiger partial charge in [0.15, 0.2) is 0 Å². The molecule has 80 valence electrons. The van der Waals surface area contributed by atoms with Crippen molar-refractivity contribution in [2.45, 2.75) is 25.3 Å². The third-order valence-electron chi connectivity index (χ3n) is 3.60. The monoisotopic (exact) mass is 198 g/mol. The van der Waals surface area contributed by atoms with Crippen LogP contribution in [-0.4, -0.2) is 42.3 Å². The van der Waals surface area contributed by atoms with Gasteiger partial charge >= 0.3 is 6.09 Å². The predicted octanol–water partition coefficient (Wildman–Crippen LogP) is 0.984. The summed E-state index contributed by atoms with van der Waals surface area (Å²) in [4.78, 5) is 12.9. The van der Waals surface area contributed by atoms with Crippen LogP contribution in [0.2, 0.25) is 0 Å². The van der Waals surface area contributed by atoms with Gasteiger partial charge in [-0.2, -0.15) is 0 Å². The molecule has 0 radical (unpaired) electrons. The van der Waals surface area contributed by atoms with Crippen LogP contribution in [0.1, 0.15) is 19.3 Å². The highest BCUT2D eigenvalue weighted by Gasteiger charge is 2.37. The summed E-state index contributed by atoms with van der Waals surface area (Å²) in [6.07, 6.45) is 2.44. The van der Waals surface area contributed by atoms with E-state index in [9.17, 15) is 4.79 Å². The van der Waals surface area contributed by atoms with Crippen molar-refractivity contribution < 1.29 is 9.90 Å². The number of amides is 1. The lowest BCUT2D eigenvalue weighted by molar-refractivity contribution is 0.166. The van der Waals surface area contributed by atoms with E-state index >= 15 is 0 Å². The average Bonchev–Trinajstić information content (AvgIpc) is 2.44. The molecule has 4 nitrogen and oxygen atoms in total. The van der Waals surface area contributed by atoms with Gasteiger partial charge in [-0.05, 0) is 44.7 Å². The van der Waals surface area contributed by atoms with E-state index < -0.39 is 6.09 Å². The second-order valence-electron chi connectivity index (χ2n) is 4.69. The molecule has 1 heterocycles. The molecular weight excluding hydrogens is 180 g/mol. The molecule has 0 aromatic carbocycles. The first-order valence-electron chi connectivity index (χ1n) is 5.33. The molecule has 1 saturated carbocycles. The average molecular weight is 198 g/mol. The third-order valence-corrected chi connectivity index (χ3v) is 3.60. The highest BCUT2D eigenvalue weighted by atomic mass is 16.4. The second-order valence-corrected chi connectivity index (χ2v) is 4.69. The Balaban J connectivity index is 1.89. The first-order valence-corrected chi connectivity index (χ1v) is 5.33. The largest absolute Gasteiger partial charge is 0.465 e. The fraction of sp³-hybridized carbons (Fsp3) is 0.900. The topological polar surface area (TPSA) is 52.6 Å². The quantitative estimate of drug-likeness (QED) is 0.660. The Labute approximate surface area is 84.3 Å². The Hall–Kier alpha value is -0.770. The number of carboxylic acid groups (broad SMARTS) is 1. The summed E-state index contributed by atoms with van der Waals surface area (Å²) in [6.45, 7) is 2.31. The van der Waals surface area contributed by atoms with E-state index in [0.29, 0.717) is 5.92 Å². The number of nitrogens with zero attached hydrogens (tertiary/aromatic N) is 1. The van der Waals surface area contributed by atoms with Gasteiger partial charge in [0.2, 0.25) is 0 Å². The normalized spacial score (nSPS) is 37.9. The van der Waals surface area contributed by atoms with Gasteiger partial charge in [-0.25, -0.2) is 4.79 Å². The lowest BCUT2D eigenvalue weighted by atomic mass is 9.89. The molecule has 1 aliphatic carbocycles. The number of hydrogen-bond acceptors (Lipinski definition) is 2. The molecule has 4 heteroatoms. The summed E-state index contributed by atoms with van der Waals surface area (Å²) in [5, 5.41) is 11.2. The van der Waals surface area contributed by atoms with Gasteiger partial charge in [-0.3, -0.25) is 0 Å². The summed E-state index contributed by atoms with van der Waals surface area (Å²) < 4.78 is 0. The first-order chi connectivity index (χ1) is 6.65. The van der Waals surface area contributed by atoms with E-state index in [1.807, 2.05) is 0 Å². The number of fused-ring (bicyclic) bond motifs is 1. The molecule has 1 saturated heterocycles. The highest BCUT2D eigenvalue weighted by Crippen LogP contribution is 2.37. The molecule has 3 atom stereocenters. The Morgan fingerprint density at radius 3 is 2.86 bits per heavy atom. The number of rotatable bonds is 1. The van der Waals surface area contributed by atoms with Gasteiger partial charge < -0.3 is 15.3 Å². The van der Waals surface area contributed by atoms with Gasteiger partial charge in [0.05, 0.1) is 0 Å². The van der Waals surface area contributed by atoms with Crippen LogP contribution in [0.3, 0.4) is 0 Å². The fourth-order valence-corrected chi connectivity index (χ4v) is 2.96. The predicted molar refractivity (Wildman–Crippen MR) is 53.3 cm³/mol. The number of hydrogen-bond donors (Lipinski definition) is 2. The molecule has 1 aliphatic heterocycles. The van der Waals surface area contributed by atoms with Crippen molar-refractivity contribution in [1.82, 2.24) is 10.2 Å². The van der Waals surface area contributed by atoms with Gasteiger partial charge in [0.1, 0.15) is 0 Å². The smallest absolute Gasteiger partial charge is 0.404 e. The molecule has 2 N–H and O–H groups in total. The van der Waals surface area contributed by atoms with Crippen LogP contribution in [0.4, 0.5) is 4.79 Å². The van der Waals surface area contributed by atoms with E-state index in [-0.39, 0.29) is 6.04 Å².